The average molecular weight is 291 g/mol. The zero-order valence-electron chi connectivity index (χ0n) is 12.8. The lowest BCUT2D eigenvalue weighted by Crippen LogP contribution is -2.53. The quantitative estimate of drug-likeness (QED) is 0.929. The minimum atomic E-state index is -0.849. The van der Waals surface area contributed by atoms with E-state index in [0.29, 0.717) is 0 Å². The van der Waals surface area contributed by atoms with Gasteiger partial charge in [-0.25, -0.2) is 0 Å². The number of nitrogens with zero attached hydrogens (tertiary/aromatic N) is 1. The fourth-order valence-electron chi connectivity index (χ4n) is 3.21. The van der Waals surface area contributed by atoms with Crippen LogP contribution in [-0.4, -0.2) is 30.1 Å². The molecule has 1 fully saturated rings. The summed E-state index contributed by atoms with van der Waals surface area (Å²) in [5, 5.41) is 9.41. The van der Waals surface area contributed by atoms with Crippen molar-refractivity contribution in [3.63, 3.8) is 0 Å². The topological polar surface area (TPSA) is 66.8 Å². The number of carbonyl (C=O) groups is 2. The minimum absolute atomic E-state index is 0.0305. The average Bonchev–Trinajstić information content (AvgIpc) is 2.37. The van der Waals surface area contributed by atoms with E-state index in [1.165, 1.54) is 0 Å². The van der Waals surface area contributed by atoms with Crippen molar-refractivity contribution in [1.29, 1.82) is 0 Å². The van der Waals surface area contributed by atoms with E-state index in [2.05, 4.69) is 0 Å². The van der Waals surface area contributed by atoms with Crippen LogP contribution in [0.3, 0.4) is 0 Å². The molecule has 21 heavy (non-hydrogen) atoms. The Morgan fingerprint density at radius 1 is 1.38 bits per heavy atom. The number of carboxylic acids is 1. The molecule has 0 saturated carbocycles. The summed E-state index contributed by atoms with van der Waals surface area (Å²) in [6.07, 6.45) is 0.256. The molecule has 5 heteroatoms. The molecule has 2 rings (SSSR count). The Bertz CT molecular complexity index is 569. The van der Waals surface area contributed by atoms with Gasteiger partial charge in [0.2, 0.25) is 5.91 Å². The maximum atomic E-state index is 12.4. The van der Waals surface area contributed by atoms with Crippen molar-refractivity contribution < 1.29 is 19.4 Å². The molecule has 3 atom stereocenters. The molecule has 0 aliphatic carbocycles. The Morgan fingerprint density at radius 2 is 2.05 bits per heavy atom. The van der Waals surface area contributed by atoms with Gasteiger partial charge >= 0.3 is 5.97 Å². The molecular formula is C16H21NO4. The number of hydrogen-bond donors (Lipinski definition) is 1. The Balaban J connectivity index is 2.39. The molecular weight excluding hydrogens is 270 g/mol. The maximum absolute atomic E-state index is 12.4. The Labute approximate surface area is 124 Å². The number of rotatable bonds is 3. The van der Waals surface area contributed by atoms with Crippen LogP contribution in [0, 0.1) is 18.8 Å². The maximum Gasteiger partial charge on any atom is 0.308 e. The lowest BCUT2D eigenvalue weighted by Gasteiger charge is -2.40. The molecule has 0 spiro atoms. The first kappa shape index (κ1) is 15.4. The van der Waals surface area contributed by atoms with Crippen molar-refractivity contribution in [1.82, 2.24) is 0 Å². The number of carbonyl (C=O) groups excluding carboxylic acids is 1. The predicted octanol–water partition coefficient (Wildman–Crippen LogP) is 2.47. The van der Waals surface area contributed by atoms with Gasteiger partial charge in [-0.3, -0.25) is 9.59 Å². The van der Waals surface area contributed by atoms with Crippen LogP contribution in [0.5, 0.6) is 5.75 Å². The van der Waals surface area contributed by atoms with E-state index in [0.717, 1.165) is 17.0 Å². The summed E-state index contributed by atoms with van der Waals surface area (Å²) in [5.41, 5.74) is 1.64. The van der Waals surface area contributed by atoms with Crippen molar-refractivity contribution in [3.8, 4) is 5.75 Å². The van der Waals surface area contributed by atoms with E-state index in [-0.39, 0.29) is 24.3 Å². The van der Waals surface area contributed by atoms with Crippen LogP contribution < -0.4 is 9.64 Å². The predicted molar refractivity (Wildman–Crippen MR) is 79.6 cm³/mol. The van der Waals surface area contributed by atoms with Crippen LogP contribution in [0.15, 0.2) is 18.2 Å². The highest BCUT2D eigenvalue weighted by molar-refractivity contribution is 5.96. The highest BCUT2D eigenvalue weighted by Crippen LogP contribution is 2.35. The molecule has 1 heterocycles. The number of hydrogen-bond acceptors (Lipinski definition) is 3. The van der Waals surface area contributed by atoms with Gasteiger partial charge in [-0.15, -0.1) is 0 Å². The first-order valence-corrected chi connectivity index (χ1v) is 7.06. The third-order valence-corrected chi connectivity index (χ3v) is 4.25. The summed E-state index contributed by atoms with van der Waals surface area (Å²) in [4.78, 5) is 25.4. The van der Waals surface area contributed by atoms with Gasteiger partial charge in [0.1, 0.15) is 5.75 Å². The first-order chi connectivity index (χ1) is 9.86. The number of ether oxygens (including phenoxy) is 1. The molecule has 1 aliphatic rings. The normalized spacial score (nSPS) is 25.8. The fourth-order valence-corrected chi connectivity index (χ4v) is 3.21. The summed E-state index contributed by atoms with van der Waals surface area (Å²) >= 11 is 0. The lowest BCUT2D eigenvalue weighted by molar-refractivity contribution is -0.146. The van der Waals surface area contributed by atoms with Crippen molar-refractivity contribution in [2.75, 3.05) is 12.0 Å². The molecule has 1 aliphatic heterocycles. The number of aryl methyl sites for hydroxylation is 1. The van der Waals surface area contributed by atoms with Crippen LogP contribution in [0.4, 0.5) is 5.69 Å². The fraction of sp³-hybridized carbons (Fsp3) is 0.500. The van der Waals surface area contributed by atoms with E-state index < -0.39 is 11.9 Å². The third kappa shape index (κ3) is 2.73. The number of aliphatic carboxylic acids is 1. The molecule has 0 bridgehead atoms. The van der Waals surface area contributed by atoms with Gasteiger partial charge in [0.05, 0.1) is 13.0 Å². The second-order valence-electron chi connectivity index (χ2n) is 5.70. The van der Waals surface area contributed by atoms with Crippen LogP contribution in [0.25, 0.3) is 0 Å². The second-order valence-corrected chi connectivity index (χ2v) is 5.70. The number of amides is 1. The Kier molecular flexibility index (Phi) is 4.21. The van der Waals surface area contributed by atoms with Crippen molar-refractivity contribution in [2.45, 2.75) is 33.2 Å². The van der Waals surface area contributed by atoms with Gasteiger partial charge in [0, 0.05) is 18.2 Å². The smallest absolute Gasteiger partial charge is 0.308 e. The molecule has 3 unspecified atom stereocenters. The number of benzene rings is 1. The monoisotopic (exact) mass is 291 g/mol. The summed E-state index contributed by atoms with van der Waals surface area (Å²) in [6, 6.07) is 5.10. The molecule has 5 nitrogen and oxygen atoms in total. The molecule has 114 valence electrons. The van der Waals surface area contributed by atoms with Crippen molar-refractivity contribution >= 4 is 17.6 Å². The molecule has 0 radical (unpaired) electrons. The van der Waals surface area contributed by atoms with Crippen molar-refractivity contribution in [3.05, 3.63) is 23.8 Å². The van der Waals surface area contributed by atoms with E-state index in [1.807, 2.05) is 19.9 Å². The standard InChI is InChI=1S/C16H21NO4/c1-9-7-12(5-6-13(9)21-4)17-11(3)15(16(19)20)10(2)8-14(17)18/h5-7,10-11,15H,8H2,1-4H3,(H,19,20). The van der Waals surface area contributed by atoms with Gasteiger partial charge < -0.3 is 14.7 Å². The number of carboxylic acid groups (broad SMARTS) is 1. The van der Waals surface area contributed by atoms with E-state index in [1.54, 1.807) is 31.1 Å². The molecule has 1 amide bonds. The van der Waals surface area contributed by atoms with Gasteiger partial charge in [-0.1, -0.05) is 6.92 Å². The van der Waals surface area contributed by atoms with E-state index in [9.17, 15) is 14.7 Å². The summed E-state index contributed by atoms with van der Waals surface area (Å²) in [6.45, 7) is 5.52. The SMILES string of the molecule is COc1ccc(N2C(=O)CC(C)C(C(=O)O)C2C)cc1C. The molecule has 1 aromatic rings. The zero-order chi connectivity index (χ0) is 15.7. The minimum Gasteiger partial charge on any atom is -0.496 e. The number of methoxy groups -OCH3 is 1. The van der Waals surface area contributed by atoms with Gasteiger partial charge in [0.25, 0.3) is 0 Å². The first-order valence-electron chi connectivity index (χ1n) is 7.06. The molecule has 1 aromatic carbocycles. The Morgan fingerprint density at radius 3 is 2.57 bits per heavy atom. The van der Waals surface area contributed by atoms with Gasteiger partial charge in [-0.2, -0.15) is 0 Å². The third-order valence-electron chi connectivity index (χ3n) is 4.25. The second kappa shape index (κ2) is 5.76. The number of piperidine rings is 1. The van der Waals surface area contributed by atoms with Crippen LogP contribution in [0.1, 0.15) is 25.8 Å². The van der Waals surface area contributed by atoms with Crippen LogP contribution >= 0.6 is 0 Å². The van der Waals surface area contributed by atoms with Gasteiger partial charge in [-0.05, 0) is 43.5 Å². The van der Waals surface area contributed by atoms with E-state index >= 15 is 0 Å². The van der Waals surface area contributed by atoms with Crippen LogP contribution in [-0.2, 0) is 9.59 Å². The van der Waals surface area contributed by atoms with E-state index in [4.69, 9.17) is 4.74 Å². The summed E-state index contributed by atoms with van der Waals surface area (Å²) in [7, 11) is 1.60. The molecule has 0 aromatic heterocycles. The van der Waals surface area contributed by atoms with Crippen molar-refractivity contribution in [2.24, 2.45) is 11.8 Å². The molecule has 1 N–H and O–H groups in total. The number of anilines is 1. The summed E-state index contributed by atoms with van der Waals surface area (Å²) in [5.74, 6) is -0.834. The largest absolute Gasteiger partial charge is 0.496 e. The highest BCUT2D eigenvalue weighted by atomic mass is 16.5. The lowest BCUT2D eigenvalue weighted by atomic mass is 9.80. The Hall–Kier alpha value is -2.04. The zero-order valence-corrected chi connectivity index (χ0v) is 12.8. The highest BCUT2D eigenvalue weighted by Gasteiger charge is 2.42. The van der Waals surface area contributed by atoms with Crippen LogP contribution in [0.2, 0.25) is 0 Å². The summed E-state index contributed by atoms with van der Waals surface area (Å²) < 4.78 is 5.22. The van der Waals surface area contributed by atoms with Gasteiger partial charge in [0.15, 0.2) is 0 Å². The molecule has 1 saturated heterocycles.